The van der Waals surface area contributed by atoms with Crippen molar-refractivity contribution in [3.05, 3.63) is 56.9 Å². The Bertz CT molecular complexity index is 716. The van der Waals surface area contributed by atoms with E-state index >= 15 is 0 Å². The lowest BCUT2D eigenvalue weighted by Crippen LogP contribution is -2.39. The summed E-state index contributed by atoms with van der Waals surface area (Å²) in [5, 5.41) is 0. The SMILES string of the molecule is COc1ccc(Cn2cc(NN)c(=O)n(C)c2=O)cc1. The predicted molar refractivity (Wildman–Crippen MR) is 75.8 cm³/mol. The van der Waals surface area contributed by atoms with Crippen LogP contribution in [-0.4, -0.2) is 16.2 Å². The number of hydrogen-bond acceptors (Lipinski definition) is 5. The van der Waals surface area contributed by atoms with Gasteiger partial charge in [0.15, 0.2) is 0 Å². The Morgan fingerprint density at radius 3 is 2.45 bits per heavy atom. The summed E-state index contributed by atoms with van der Waals surface area (Å²) in [6.07, 6.45) is 1.41. The van der Waals surface area contributed by atoms with Crippen LogP contribution >= 0.6 is 0 Å². The number of nitrogens with zero attached hydrogens (tertiary/aromatic N) is 2. The Morgan fingerprint density at radius 1 is 1.25 bits per heavy atom. The fourth-order valence-electron chi connectivity index (χ4n) is 1.87. The van der Waals surface area contributed by atoms with Gasteiger partial charge in [0.1, 0.15) is 11.4 Å². The minimum atomic E-state index is -0.455. The molecule has 0 aliphatic heterocycles. The van der Waals surface area contributed by atoms with Gasteiger partial charge in [-0.1, -0.05) is 12.1 Å². The van der Waals surface area contributed by atoms with Gasteiger partial charge in [0, 0.05) is 13.2 Å². The molecule has 3 N–H and O–H groups in total. The minimum absolute atomic E-state index is 0.167. The fraction of sp³-hybridized carbons (Fsp3) is 0.231. The smallest absolute Gasteiger partial charge is 0.331 e. The molecule has 1 aromatic heterocycles. The molecule has 20 heavy (non-hydrogen) atoms. The Hall–Kier alpha value is -2.54. The van der Waals surface area contributed by atoms with Crippen molar-refractivity contribution >= 4 is 5.69 Å². The molecular formula is C13H16N4O3. The first-order valence-corrected chi connectivity index (χ1v) is 5.97. The van der Waals surface area contributed by atoms with E-state index in [9.17, 15) is 9.59 Å². The van der Waals surface area contributed by atoms with Crippen LogP contribution < -0.4 is 27.3 Å². The molecule has 2 rings (SSSR count). The minimum Gasteiger partial charge on any atom is -0.497 e. The second-order valence-electron chi connectivity index (χ2n) is 4.31. The molecule has 7 nitrogen and oxygen atoms in total. The fourth-order valence-corrected chi connectivity index (χ4v) is 1.87. The van der Waals surface area contributed by atoms with Crippen LogP contribution in [0.1, 0.15) is 5.56 Å². The predicted octanol–water partition coefficient (Wildman–Crippen LogP) is -0.110. The summed E-state index contributed by atoms with van der Waals surface area (Å²) in [6, 6.07) is 7.33. The normalized spacial score (nSPS) is 10.3. The molecule has 0 aliphatic carbocycles. The Labute approximate surface area is 115 Å². The van der Waals surface area contributed by atoms with E-state index in [4.69, 9.17) is 10.6 Å². The number of anilines is 1. The standard InChI is InChI=1S/C13H16N4O3/c1-16-12(18)11(15-14)8-17(13(16)19)7-9-3-5-10(20-2)6-4-9/h3-6,8,15H,7,14H2,1-2H3. The van der Waals surface area contributed by atoms with Crippen LogP contribution in [0.5, 0.6) is 5.75 Å². The van der Waals surface area contributed by atoms with Gasteiger partial charge in [0.05, 0.1) is 13.7 Å². The van der Waals surface area contributed by atoms with Crippen molar-refractivity contribution in [2.75, 3.05) is 12.5 Å². The lowest BCUT2D eigenvalue weighted by Gasteiger charge is -2.10. The molecule has 0 bridgehead atoms. The third-order valence-corrected chi connectivity index (χ3v) is 3.02. The van der Waals surface area contributed by atoms with Gasteiger partial charge in [-0.15, -0.1) is 0 Å². The summed E-state index contributed by atoms with van der Waals surface area (Å²) < 4.78 is 7.50. The molecule has 0 spiro atoms. The molecule has 0 amide bonds. The van der Waals surface area contributed by atoms with E-state index in [1.165, 1.54) is 17.8 Å². The number of hydrazine groups is 1. The van der Waals surface area contributed by atoms with Crippen molar-refractivity contribution in [2.24, 2.45) is 12.9 Å². The lowest BCUT2D eigenvalue weighted by atomic mass is 10.2. The summed E-state index contributed by atoms with van der Waals surface area (Å²) in [5.41, 5.74) is 2.52. The van der Waals surface area contributed by atoms with Crippen molar-refractivity contribution in [3.8, 4) is 5.75 Å². The molecule has 0 atom stereocenters. The molecule has 0 saturated carbocycles. The Kier molecular flexibility index (Phi) is 3.90. The van der Waals surface area contributed by atoms with Crippen molar-refractivity contribution in [3.63, 3.8) is 0 Å². The number of nitrogens with one attached hydrogen (secondary N) is 1. The van der Waals surface area contributed by atoms with Gasteiger partial charge in [0.25, 0.3) is 5.56 Å². The number of benzene rings is 1. The summed E-state index contributed by atoms with van der Waals surface area (Å²) in [6.45, 7) is 0.339. The maximum atomic E-state index is 12.0. The van der Waals surface area contributed by atoms with Crippen LogP contribution in [0.25, 0.3) is 0 Å². The number of nitrogen functional groups attached to an aromatic ring is 1. The largest absolute Gasteiger partial charge is 0.497 e. The van der Waals surface area contributed by atoms with Crippen LogP contribution in [0.4, 0.5) is 5.69 Å². The maximum Gasteiger partial charge on any atom is 0.331 e. The number of aromatic nitrogens is 2. The molecule has 0 unspecified atom stereocenters. The molecule has 0 aliphatic rings. The monoisotopic (exact) mass is 276 g/mol. The zero-order chi connectivity index (χ0) is 14.7. The molecule has 2 aromatic rings. The first-order chi connectivity index (χ1) is 9.56. The first kappa shape index (κ1) is 13.9. The number of rotatable bonds is 4. The summed E-state index contributed by atoms with van der Waals surface area (Å²) in [7, 11) is 3.00. The summed E-state index contributed by atoms with van der Waals surface area (Å²) in [4.78, 5) is 23.7. The summed E-state index contributed by atoms with van der Waals surface area (Å²) in [5.74, 6) is 6.02. The van der Waals surface area contributed by atoms with Gasteiger partial charge < -0.3 is 10.2 Å². The highest BCUT2D eigenvalue weighted by molar-refractivity contribution is 5.36. The quantitative estimate of drug-likeness (QED) is 0.600. The van der Waals surface area contributed by atoms with Gasteiger partial charge in [0.2, 0.25) is 0 Å². The molecular weight excluding hydrogens is 260 g/mol. The van der Waals surface area contributed by atoms with Gasteiger partial charge in [-0.3, -0.25) is 19.8 Å². The van der Waals surface area contributed by atoms with E-state index in [0.717, 1.165) is 15.9 Å². The molecule has 0 radical (unpaired) electrons. The zero-order valence-electron chi connectivity index (χ0n) is 11.3. The molecule has 0 saturated heterocycles. The number of methoxy groups -OCH3 is 1. The first-order valence-electron chi connectivity index (χ1n) is 5.97. The molecule has 106 valence electrons. The van der Waals surface area contributed by atoms with Crippen LogP contribution in [0.3, 0.4) is 0 Å². The van der Waals surface area contributed by atoms with Crippen LogP contribution in [0, 0.1) is 0 Å². The summed E-state index contributed by atoms with van der Waals surface area (Å²) >= 11 is 0. The van der Waals surface area contributed by atoms with Crippen LogP contribution in [0.2, 0.25) is 0 Å². The zero-order valence-corrected chi connectivity index (χ0v) is 11.3. The average molecular weight is 276 g/mol. The van der Waals surface area contributed by atoms with Gasteiger partial charge in [-0.05, 0) is 17.7 Å². The topological polar surface area (TPSA) is 91.3 Å². The number of hydrogen-bond donors (Lipinski definition) is 2. The molecule has 1 aromatic carbocycles. The van der Waals surface area contributed by atoms with Crippen molar-refractivity contribution in [2.45, 2.75) is 6.54 Å². The Balaban J connectivity index is 2.40. The van der Waals surface area contributed by atoms with Gasteiger partial charge in [-0.25, -0.2) is 4.79 Å². The van der Waals surface area contributed by atoms with Gasteiger partial charge >= 0.3 is 5.69 Å². The Morgan fingerprint density at radius 2 is 1.90 bits per heavy atom. The van der Waals surface area contributed by atoms with E-state index in [2.05, 4.69) is 5.43 Å². The van der Waals surface area contributed by atoms with Crippen LogP contribution in [-0.2, 0) is 13.6 Å². The highest BCUT2D eigenvalue weighted by atomic mass is 16.5. The second-order valence-corrected chi connectivity index (χ2v) is 4.31. The van der Waals surface area contributed by atoms with E-state index in [-0.39, 0.29) is 5.69 Å². The van der Waals surface area contributed by atoms with E-state index in [0.29, 0.717) is 6.54 Å². The third-order valence-electron chi connectivity index (χ3n) is 3.02. The number of ether oxygens (including phenoxy) is 1. The van der Waals surface area contributed by atoms with E-state index in [1.54, 1.807) is 7.11 Å². The highest BCUT2D eigenvalue weighted by Gasteiger charge is 2.08. The van der Waals surface area contributed by atoms with E-state index < -0.39 is 11.2 Å². The van der Waals surface area contributed by atoms with E-state index in [1.807, 2.05) is 24.3 Å². The third kappa shape index (κ3) is 2.57. The van der Waals surface area contributed by atoms with Crippen LogP contribution in [0.15, 0.2) is 40.1 Å². The maximum absolute atomic E-state index is 12.0. The van der Waals surface area contributed by atoms with Gasteiger partial charge in [-0.2, -0.15) is 0 Å². The van der Waals surface area contributed by atoms with Crippen molar-refractivity contribution < 1.29 is 4.74 Å². The molecule has 7 heteroatoms. The van der Waals surface area contributed by atoms with Crippen molar-refractivity contribution in [1.29, 1.82) is 0 Å². The second kappa shape index (κ2) is 5.62. The average Bonchev–Trinajstić information content (AvgIpc) is 2.48. The highest BCUT2D eigenvalue weighted by Crippen LogP contribution is 2.11. The molecule has 1 heterocycles. The lowest BCUT2D eigenvalue weighted by molar-refractivity contribution is 0.414. The molecule has 0 fully saturated rings. The number of nitrogens with two attached hydrogens (primary N) is 1. The van der Waals surface area contributed by atoms with Crippen molar-refractivity contribution in [1.82, 2.24) is 9.13 Å².